The van der Waals surface area contributed by atoms with Gasteiger partial charge in [-0.1, -0.05) is 25.2 Å². The summed E-state index contributed by atoms with van der Waals surface area (Å²) in [5, 5.41) is 15.4. The molecule has 8 heteroatoms. The van der Waals surface area contributed by atoms with Crippen LogP contribution in [0.1, 0.15) is 35.1 Å². The van der Waals surface area contributed by atoms with Gasteiger partial charge in [-0.25, -0.2) is 4.39 Å². The van der Waals surface area contributed by atoms with E-state index in [0.717, 1.165) is 18.0 Å². The largest absolute Gasteiger partial charge is 0.377 e. The van der Waals surface area contributed by atoms with Crippen LogP contribution in [-0.4, -0.2) is 34.9 Å². The van der Waals surface area contributed by atoms with E-state index in [1.54, 1.807) is 0 Å². The Labute approximate surface area is 155 Å². The monoisotopic (exact) mass is 376 g/mol. The second kappa shape index (κ2) is 6.68. The van der Waals surface area contributed by atoms with Gasteiger partial charge >= 0.3 is 0 Å². The van der Waals surface area contributed by atoms with E-state index in [4.69, 9.17) is 4.74 Å². The summed E-state index contributed by atoms with van der Waals surface area (Å²) in [6.07, 6.45) is 1.43. The minimum Gasteiger partial charge on any atom is -0.377 e. The van der Waals surface area contributed by atoms with Gasteiger partial charge in [0.1, 0.15) is 10.8 Å². The molecule has 0 bridgehead atoms. The number of rotatable bonds is 5. The Bertz CT molecular complexity index is 808. The molecule has 2 N–H and O–H groups in total. The topological polar surface area (TPSA) is 76.1 Å². The van der Waals surface area contributed by atoms with E-state index in [9.17, 15) is 9.18 Å². The lowest BCUT2D eigenvalue weighted by Crippen LogP contribution is -2.65. The van der Waals surface area contributed by atoms with Gasteiger partial charge in [-0.2, -0.15) is 0 Å². The molecule has 1 amide bonds. The smallest absolute Gasteiger partial charge is 0.286 e. The van der Waals surface area contributed by atoms with Crippen LogP contribution in [0, 0.1) is 17.2 Å². The number of halogens is 1. The number of nitrogens with zero attached hydrogens (tertiary/aromatic N) is 2. The highest BCUT2D eigenvalue weighted by Gasteiger charge is 2.58. The summed E-state index contributed by atoms with van der Waals surface area (Å²) in [5.41, 5.74) is 0.629. The third kappa shape index (κ3) is 3.13. The van der Waals surface area contributed by atoms with E-state index >= 15 is 0 Å². The Kier molecular flexibility index (Phi) is 4.50. The van der Waals surface area contributed by atoms with Gasteiger partial charge in [0.2, 0.25) is 5.01 Å². The number of ether oxygens (including phenoxy) is 1. The minimum atomic E-state index is -0.346. The lowest BCUT2D eigenvalue weighted by atomic mass is 9.57. The molecule has 1 aromatic heterocycles. The number of carbonyl (C=O) groups is 1. The number of nitrogens with one attached hydrogen (secondary N) is 2. The third-order valence-electron chi connectivity index (χ3n) is 5.34. The van der Waals surface area contributed by atoms with Crippen molar-refractivity contribution in [2.45, 2.75) is 39.0 Å². The Hall–Kier alpha value is -1.90. The molecule has 0 spiro atoms. The second-order valence-corrected chi connectivity index (χ2v) is 8.45. The fourth-order valence-electron chi connectivity index (χ4n) is 4.07. The molecule has 2 fully saturated rings. The first kappa shape index (κ1) is 17.5. The zero-order valence-electron chi connectivity index (χ0n) is 14.7. The van der Waals surface area contributed by atoms with Crippen molar-refractivity contribution in [3.63, 3.8) is 0 Å². The fraction of sp³-hybridized carbons (Fsp3) is 0.500. The molecule has 4 rings (SSSR count). The first-order chi connectivity index (χ1) is 12.4. The van der Waals surface area contributed by atoms with Gasteiger partial charge in [0.15, 0.2) is 0 Å². The Morgan fingerprint density at radius 2 is 2.12 bits per heavy atom. The number of benzene rings is 1. The molecule has 2 heterocycles. The molecule has 2 aromatic rings. The normalized spacial score (nSPS) is 26.2. The highest BCUT2D eigenvalue weighted by atomic mass is 32.1. The number of aromatic nitrogens is 2. The van der Waals surface area contributed by atoms with Crippen molar-refractivity contribution in [3.8, 4) is 0 Å². The molecule has 1 aliphatic carbocycles. The van der Waals surface area contributed by atoms with E-state index < -0.39 is 0 Å². The first-order valence-corrected chi connectivity index (χ1v) is 9.51. The predicted molar refractivity (Wildman–Crippen MR) is 96.5 cm³/mol. The number of hydrogen-bond acceptors (Lipinski definition) is 6. The predicted octanol–water partition coefficient (Wildman–Crippen LogP) is 2.83. The number of anilines is 1. The van der Waals surface area contributed by atoms with Gasteiger partial charge in [0, 0.05) is 36.2 Å². The SMILES string of the molecule is CC1(C)C(NCc2nnc(C(=O)Nc3ccc(F)cc3)s2)C2CCOC21. The zero-order valence-corrected chi connectivity index (χ0v) is 15.5. The third-order valence-corrected chi connectivity index (χ3v) is 6.26. The summed E-state index contributed by atoms with van der Waals surface area (Å²) >= 11 is 1.26. The van der Waals surface area contributed by atoms with Crippen molar-refractivity contribution in [2.24, 2.45) is 11.3 Å². The number of carbonyl (C=O) groups excluding carboxylic acids is 1. The van der Waals surface area contributed by atoms with Gasteiger partial charge in [-0.15, -0.1) is 10.2 Å². The molecule has 1 saturated heterocycles. The van der Waals surface area contributed by atoms with Gasteiger partial charge in [0.25, 0.3) is 5.91 Å². The van der Waals surface area contributed by atoms with Crippen molar-refractivity contribution in [1.82, 2.24) is 15.5 Å². The summed E-state index contributed by atoms with van der Waals surface area (Å²) in [6.45, 7) is 5.86. The molecular formula is C18H21FN4O2S. The summed E-state index contributed by atoms with van der Waals surface area (Å²) < 4.78 is 18.7. The molecule has 1 saturated carbocycles. The van der Waals surface area contributed by atoms with Crippen LogP contribution >= 0.6 is 11.3 Å². The minimum absolute atomic E-state index is 0.106. The maximum atomic E-state index is 12.9. The molecule has 6 nitrogen and oxygen atoms in total. The number of amides is 1. The zero-order chi connectivity index (χ0) is 18.3. The second-order valence-electron chi connectivity index (χ2n) is 7.39. The van der Waals surface area contributed by atoms with E-state index in [1.807, 2.05) is 0 Å². The summed E-state index contributed by atoms with van der Waals surface area (Å²) in [7, 11) is 0. The van der Waals surface area contributed by atoms with Crippen LogP contribution in [-0.2, 0) is 11.3 Å². The lowest BCUT2D eigenvalue weighted by Gasteiger charge is -2.54. The van der Waals surface area contributed by atoms with E-state index in [-0.39, 0.29) is 17.1 Å². The maximum absolute atomic E-state index is 12.9. The fourth-order valence-corrected chi connectivity index (χ4v) is 4.76. The lowest BCUT2D eigenvalue weighted by molar-refractivity contribution is -0.113. The molecule has 3 atom stereocenters. The van der Waals surface area contributed by atoms with Gasteiger partial charge < -0.3 is 15.4 Å². The molecule has 2 aliphatic rings. The van der Waals surface area contributed by atoms with Crippen molar-refractivity contribution in [2.75, 3.05) is 11.9 Å². The van der Waals surface area contributed by atoms with Crippen LogP contribution in [0.4, 0.5) is 10.1 Å². The van der Waals surface area contributed by atoms with Crippen molar-refractivity contribution < 1.29 is 13.9 Å². The number of fused-ring (bicyclic) bond motifs is 1. The van der Waals surface area contributed by atoms with Crippen LogP contribution in [0.5, 0.6) is 0 Å². The summed E-state index contributed by atoms with van der Waals surface area (Å²) in [6, 6.07) is 6.00. The van der Waals surface area contributed by atoms with Crippen molar-refractivity contribution in [3.05, 3.63) is 40.1 Å². The molecule has 1 aromatic carbocycles. The summed E-state index contributed by atoms with van der Waals surface area (Å²) in [5.74, 6) is -0.131. The Morgan fingerprint density at radius 3 is 2.88 bits per heavy atom. The van der Waals surface area contributed by atoms with Gasteiger partial charge in [0.05, 0.1) is 6.10 Å². The van der Waals surface area contributed by atoms with E-state index in [2.05, 4.69) is 34.7 Å². The Morgan fingerprint density at radius 1 is 1.35 bits per heavy atom. The standard InChI is InChI=1S/C18H21FN4O2S/c1-18(2)14(12-7-8-25-15(12)18)20-9-13-22-23-17(26-13)16(24)21-11-5-3-10(19)4-6-11/h3-6,12,14-15,20H,7-9H2,1-2H3,(H,21,24). The molecule has 1 aliphatic heterocycles. The van der Waals surface area contributed by atoms with Gasteiger partial charge in [-0.3, -0.25) is 4.79 Å². The maximum Gasteiger partial charge on any atom is 0.286 e. The highest BCUT2D eigenvalue weighted by molar-refractivity contribution is 7.13. The van der Waals surface area contributed by atoms with E-state index in [1.165, 1.54) is 35.6 Å². The Balaban J connectivity index is 1.34. The van der Waals surface area contributed by atoms with Crippen molar-refractivity contribution in [1.29, 1.82) is 0 Å². The molecule has 3 unspecified atom stereocenters. The van der Waals surface area contributed by atoms with Gasteiger partial charge in [-0.05, 0) is 30.7 Å². The molecule has 0 radical (unpaired) electrons. The van der Waals surface area contributed by atoms with Crippen LogP contribution in [0.2, 0.25) is 0 Å². The van der Waals surface area contributed by atoms with Crippen LogP contribution < -0.4 is 10.6 Å². The first-order valence-electron chi connectivity index (χ1n) is 8.69. The summed E-state index contributed by atoms with van der Waals surface area (Å²) in [4.78, 5) is 12.2. The van der Waals surface area contributed by atoms with Crippen LogP contribution in [0.15, 0.2) is 24.3 Å². The molecule has 138 valence electrons. The average Bonchev–Trinajstić information content (AvgIpc) is 3.25. The highest BCUT2D eigenvalue weighted by Crippen LogP contribution is 2.52. The van der Waals surface area contributed by atoms with Crippen LogP contribution in [0.25, 0.3) is 0 Å². The molecule has 26 heavy (non-hydrogen) atoms. The molecular weight excluding hydrogens is 355 g/mol. The quantitative estimate of drug-likeness (QED) is 0.839. The van der Waals surface area contributed by atoms with E-state index in [0.29, 0.717) is 35.3 Å². The average molecular weight is 376 g/mol. The number of hydrogen-bond donors (Lipinski definition) is 2. The van der Waals surface area contributed by atoms with Crippen molar-refractivity contribution >= 4 is 22.9 Å². The van der Waals surface area contributed by atoms with Crippen LogP contribution in [0.3, 0.4) is 0 Å².